The van der Waals surface area contributed by atoms with Crippen LogP contribution in [0.15, 0.2) is 42.7 Å². The summed E-state index contributed by atoms with van der Waals surface area (Å²) in [4.78, 5) is 13.5. The van der Waals surface area contributed by atoms with Crippen molar-refractivity contribution in [2.45, 2.75) is 26.8 Å². The zero-order valence-corrected chi connectivity index (χ0v) is 15.4. The van der Waals surface area contributed by atoms with Crippen LogP contribution >= 0.6 is 0 Å². The van der Waals surface area contributed by atoms with E-state index in [1.165, 1.54) is 0 Å². The first kappa shape index (κ1) is 17.7. The molecule has 136 valence electrons. The summed E-state index contributed by atoms with van der Waals surface area (Å²) >= 11 is 0. The lowest BCUT2D eigenvalue weighted by Crippen LogP contribution is -2.21. The Labute approximate surface area is 153 Å². The third-order valence-electron chi connectivity index (χ3n) is 4.06. The number of hydrogen-bond donors (Lipinski definition) is 3. The van der Waals surface area contributed by atoms with Gasteiger partial charge in [0.25, 0.3) is 0 Å². The van der Waals surface area contributed by atoms with Crippen molar-refractivity contribution in [3.05, 3.63) is 54.2 Å². The van der Waals surface area contributed by atoms with E-state index in [0.717, 1.165) is 23.0 Å². The molecule has 3 N–H and O–H groups in total. The van der Waals surface area contributed by atoms with E-state index in [2.05, 4.69) is 39.4 Å². The molecule has 0 bridgehead atoms. The monoisotopic (exact) mass is 352 g/mol. The van der Waals surface area contributed by atoms with Gasteiger partial charge in [0.05, 0.1) is 6.04 Å². The van der Waals surface area contributed by atoms with Crippen LogP contribution in [0.3, 0.4) is 0 Å². The number of hydrogen-bond acceptors (Lipinski definition) is 6. The molecule has 7 heteroatoms. The third kappa shape index (κ3) is 4.11. The van der Waals surface area contributed by atoms with Gasteiger partial charge in [-0.25, -0.2) is 9.97 Å². The highest BCUT2D eigenvalue weighted by Crippen LogP contribution is 2.26. The van der Waals surface area contributed by atoms with Crippen LogP contribution < -0.4 is 10.6 Å². The normalized spacial score (nSPS) is 12.2. The summed E-state index contributed by atoms with van der Waals surface area (Å²) in [6.45, 7) is 6.21. The molecular formula is C19H24N6O. The number of phenolic OH excluding ortho intramolecular Hbond substituents is 1. The summed E-state index contributed by atoms with van der Waals surface area (Å²) in [5.41, 5.74) is 1.57. The van der Waals surface area contributed by atoms with E-state index in [0.29, 0.717) is 11.9 Å². The molecular weight excluding hydrogens is 328 g/mol. The van der Waals surface area contributed by atoms with Crippen molar-refractivity contribution in [1.29, 1.82) is 0 Å². The number of rotatable bonds is 6. The Morgan fingerprint density at radius 1 is 1.15 bits per heavy atom. The van der Waals surface area contributed by atoms with Gasteiger partial charge in [-0.2, -0.15) is 4.98 Å². The van der Waals surface area contributed by atoms with Crippen LogP contribution in [0.4, 0.5) is 17.5 Å². The summed E-state index contributed by atoms with van der Waals surface area (Å²) in [5.74, 6) is 2.67. The second-order valence-electron chi connectivity index (χ2n) is 6.66. The lowest BCUT2D eigenvalue weighted by atomic mass is 10.0. The van der Waals surface area contributed by atoms with Crippen molar-refractivity contribution in [2.75, 3.05) is 10.6 Å². The third-order valence-corrected chi connectivity index (χ3v) is 4.06. The highest BCUT2D eigenvalue weighted by molar-refractivity contribution is 5.57. The molecule has 0 aliphatic heterocycles. The van der Waals surface area contributed by atoms with Gasteiger partial charge in [-0.05, 0) is 25.0 Å². The molecule has 0 fully saturated rings. The number of phenols is 1. The maximum Gasteiger partial charge on any atom is 0.229 e. The van der Waals surface area contributed by atoms with E-state index in [9.17, 15) is 5.11 Å². The molecule has 0 radical (unpaired) electrons. The smallest absolute Gasteiger partial charge is 0.229 e. The number of nitrogens with one attached hydrogen (secondary N) is 2. The van der Waals surface area contributed by atoms with E-state index < -0.39 is 0 Å². The molecule has 0 saturated heterocycles. The first-order valence-electron chi connectivity index (χ1n) is 8.58. The van der Waals surface area contributed by atoms with E-state index >= 15 is 0 Å². The number of imidazole rings is 1. The van der Waals surface area contributed by atoms with Crippen LogP contribution in [-0.4, -0.2) is 24.6 Å². The highest BCUT2D eigenvalue weighted by Gasteiger charge is 2.20. The van der Waals surface area contributed by atoms with Gasteiger partial charge in [-0.1, -0.05) is 19.9 Å². The minimum Gasteiger partial charge on any atom is -0.508 e. The summed E-state index contributed by atoms with van der Waals surface area (Å²) in [6, 6.07) is 8.80. The van der Waals surface area contributed by atoms with Gasteiger partial charge in [0, 0.05) is 43.0 Å². The number of aryl methyl sites for hydroxylation is 2. The van der Waals surface area contributed by atoms with Crippen molar-refractivity contribution in [3.63, 3.8) is 0 Å². The fraction of sp³-hybridized carbons (Fsp3) is 0.316. The average molecular weight is 352 g/mol. The molecule has 0 unspecified atom stereocenters. The van der Waals surface area contributed by atoms with Crippen molar-refractivity contribution >= 4 is 17.5 Å². The predicted octanol–water partition coefficient (Wildman–Crippen LogP) is 3.78. The topological polar surface area (TPSA) is 87.9 Å². The summed E-state index contributed by atoms with van der Waals surface area (Å²) in [7, 11) is 1.99. The number of benzene rings is 1. The summed E-state index contributed by atoms with van der Waals surface area (Å²) in [6.07, 6.45) is 3.74. The zero-order valence-electron chi connectivity index (χ0n) is 15.4. The predicted molar refractivity (Wildman–Crippen MR) is 103 cm³/mol. The highest BCUT2D eigenvalue weighted by atomic mass is 16.3. The minimum atomic E-state index is 0.0259. The van der Waals surface area contributed by atoms with Crippen LogP contribution in [0.2, 0.25) is 0 Å². The molecule has 0 aliphatic rings. The molecule has 7 nitrogen and oxygen atoms in total. The maximum absolute atomic E-state index is 9.61. The van der Waals surface area contributed by atoms with Gasteiger partial charge >= 0.3 is 0 Å². The molecule has 0 aliphatic carbocycles. The molecule has 0 saturated carbocycles. The Hall–Kier alpha value is -3.09. The zero-order chi connectivity index (χ0) is 18.7. The van der Waals surface area contributed by atoms with Crippen molar-refractivity contribution < 1.29 is 5.11 Å². The van der Waals surface area contributed by atoms with Crippen LogP contribution in [-0.2, 0) is 7.05 Å². The maximum atomic E-state index is 9.61. The fourth-order valence-corrected chi connectivity index (χ4v) is 2.78. The van der Waals surface area contributed by atoms with Crippen LogP contribution in [0.25, 0.3) is 0 Å². The van der Waals surface area contributed by atoms with E-state index in [1.807, 2.05) is 36.9 Å². The van der Waals surface area contributed by atoms with Gasteiger partial charge in [-0.15, -0.1) is 0 Å². The number of aromatic hydroxyl groups is 1. The van der Waals surface area contributed by atoms with Gasteiger partial charge in [-0.3, -0.25) is 0 Å². The second-order valence-corrected chi connectivity index (χ2v) is 6.66. The van der Waals surface area contributed by atoms with Crippen LogP contribution in [0.1, 0.15) is 31.4 Å². The molecule has 3 rings (SSSR count). The standard InChI is InChI=1S/C19H24N6O/c1-12(2)17(18-20-8-9-25(18)4)23-16-10-13(3)21-19(24-16)22-14-6-5-7-15(26)11-14/h5-12,17,26H,1-4H3,(H2,21,22,23,24)/t17-/m0/s1. The summed E-state index contributed by atoms with van der Waals surface area (Å²) < 4.78 is 2.01. The van der Waals surface area contributed by atoms with Gasteiger partial charge in [0.2, 0.25) is 5.95 Å². The molecule has 1 atom stereocenters. The van der Waals surface area contributed by atoms with Crippen molar-refractivity contribution in [2.24, 2.45) is 13.0 Å². The first-order chi connectivity index (χ1) is 12.4. The van der Waals surface area contributed by atoms with Crippen molar-refractivity contribution in [3.8, 4) is 5.75 Å². The van der Waals surface area contributed by atoms with E-state index in [1.54, 1.807) is 24.4 Å². The number of nitrogens with zero attached hydrogens (tertiary/aromatic N) is 4. The van der Waals surface area contributed by atoms with Crippen LogP contribution in [0, 0.1) is 12.8 Å². The Morgan fingerprint density at radius 2 is 1.96 bits per heavy atom. The quantitative estimate of drug-likeness (QED) is 0.626. The molecule has 1 aromatic carbocycles. The van der Waals surface area contributed by atoms with E-state index in [4.69, 9.17) is 0 Å². The second kappa shape index (κ2) is 7.43. The number of aromatic nitrogens is 4. The fourth-order valence-electron chi connectivity index (χ4n) is 2.78. The lowest BCUT2D eigenvalue weighted by Gasteiger charge is -2.23. The van der Waals surface area contributed by atoms with Gasteiger partial charge < -0.3 is 20.3 Å². The average Bonchev–Trinajstić information content (AvgIpc) is 2.97. The van der Waals surface area contributed by atoms with Gasteiger partial charge in [0.15, 0.2) is 0 Å². The SMILES string of the molecule is Cc1cc(N[C@H](c2nccn2C)C(C)C)nc(Nc2cccc(O)c2)n1. The van der Waals surface area contributed by atoms with E-state index in [-0.39, 0.29) is 11.8 Å². The van der Waals surface area contributed by atoms with Crippen molar-refractivity contribution in [1.82, 2.24) is 19.5 Å². The first-order valence-corrected chi connectivity index (χ1v) is 8.58. The lowest BCUT2D eigenvalue weighted by molar-refractivity contribution is 0.475. The van der Waals surface area contributed by atoms with Gasteiger partial charge in [0.1, 0.15) is 17.4 Å². The minimum absolute atomic E-state index is 0.0259. The molecule has 26 heavy (non-hydrogen) atoms. The molecule has 0 amide bonds. The Morgan fingerprint density at radius 3 is 2.62 bits per heavy atom. The number of anilines is 3. The Balaban J connectivity index is 1.86. The Bertz CT molecular complexity index is 889. The molecule has 2 aromatic heterocycles. The molecule has 3 aromatic rings. The van der Waals surface area contributed by atoms with Crippen LogP contribution in [0.5, 0.6) is 5.75 Å². The largest absolute Gasteiger partial charge is 0.508 e. The summed E-state index contributed by atoms with van der Waals surface area (Å²) in [5, 5.41) is 16.2. The molecule has 0 spiro atoms. The Kier molecular flexibility index (Phi) is 5.06. The molecule has 2 heterocycles.